The van der Waals surface area contributed by atoms with Crippen LogP contribution in [0, 0.1) is 0 Å². The number of nitrogens with zero attached hydrogens (tertiary/aromatic N) is 5. The van der Waals surface area contributed by atoms with Gasteiger partial charge in [-0.15, -0.1) is 39.5 Å². The quantitative estimate of drug-likeness (QED) is 0.901. The maximum atomic E-state index is 12.4. The lowest BCUT2D eigenvalue weighted by atomic mass is 10.4. The fraction of sp³-hybridized carbons (Fsp3) is 0.231. The van der Waals surface area contributed by atoms with Crippen LogP contribution in [0.1, 0.15) is 5.01 Å². The minimum atomic E-state index is -0.165. The van der Waals surface area contributed by atoms with Gasteiger partial charge in [-0.2, -0.15) is 5.01 Å². The van der Waals surface area contributed by atoms with E-state index in [1.807, 2.05) is 29.1 Å². The molecule has 1 N–H and O–H groups in total. The van der Waals surface area contributed by atoms with Gasteiger partial charge in [0.05, 0.1) is 23.1 Å². The number of rotatable bonds is 4. The molecule has 0 spiro atoms. The van der Waals surface area contributed by atoms with E-state index in [1.165, 1.54) is 28.1 Å². The normalized spacial score (nSPS) is 17.0. The second-order valence-corrected chi connectivity index (χ2v) is 7.41. The van der Waals surface area contributed by atoms with Gasteiger partial charge < -0.3 is 5.32 Å². The number of carbonyl (C=O) groups is 1. The Kier molecular flexibility index (Phi) is 3.79. The van der Waals surface area contributed by atoms with Gasteiger partial charge in [-0.25, -0.2) is 9.78 Å². The first-order valence-electron chi connectivity index (χ1n) is 6.75. The Hall–Kier alpha value is -1.91. The summed E-state index contributed by atoms with van der Waals surface area (Å²) in [5.74, 6) is 1.03. The van der Waals surface area contributed by atoms with Gasteiger partial charge in [0.2, 0.25) is 0 Å². The first kappa shape index (κ1) is 14.7. The number of aromatic nitrogens is 1. The van der Waals surface area contributed by atoms with Crippen molar-refractivity contribution < 1.29 is 4.79 Å². The van der Waals surface area contributed by atoms with E-state index in [0.717, 1.165) is 21.3 Å². The molecule has 0 saturated heterocycles. The molecule has 2 aliphatic rings. The monoisotopic (exact) mass is 364 g/mol. The van der Waals surface area contributed by atoms with E-state index < -0.39 is 0 Å². The van der Waals surface area contributed by atoms with Crippen LogP contribution in [0.15, 0.2) is 39.1 Å². The summed E-state index contributed by atoms with van der Waals surface area (Å²) in [6.45, 7) is 0.390. The molecule has 2 aromatic heterocycles. The van der Waals surface area contributed by atoms with Crippen molar-refractivity contribution in [3.05, 3.63) is 33.7 Å². The molecule has 0 aliphatic carbocycles. The zero-order valence-corrected chi connectivity index (χ0v) is 14.5. The van der Waals surface area contributed by atoms with Crippen LogP contribution in [-0.2, 0) is 0 Å². The molecule has 23 heavy (non-hydrogen) atoms. The first-order valence-corrected chi connectivity index (χ1v) is 9.91. The number of thioether (sulfide) groups is 1. The number of thiophene rings is 1. The van der Waals surface area contributed by atoms with Crippen LogP contribution in [0.2, 0.25) is 0 Å². The summed E-state index contributed by atoms with van der Waals surface area (Å²) in [6.07, 6.45) is 1.92. The number of nitrogens with one attached hydrogen (secondary N) is 1. The van der Waals surface area contributed by atoms with E-state index in [1.54, 1.807) is 16.2 Å². The summed E-state index contributed by atoms with van der Waals surface area (Å²) in [4.78, 5) is 19.7. The fourth-order valence-electron chi connectivity index (χ4n) is 2.28. The standard InChI is InChI=1S/C13H12N6OS3/c1-21-7-19-13(20)18-6-14-10(11(18)16-17-19)12-15-8(5-23-12)9-3-2-4-22-9/h2-5,14H,6-7H2,1H3. The number of carbonyl (C=O) groups excluding carboxylic acids is 1. The third kappa shape index (κ3) is 2.52. The summed E-state index contributed by atoms with van der Waals surface area (Å²) in [7, 11) is 0. The van der Waals surface area contributed by atoms with Gasteiger partial charge >= 0.3 is 6.03 Å². The maximum Gasteiger partial charge on any atom is 0.349 e. The molecular formula is C13H12N6OS3. The Balaban J connectivity index is 1.67. The van der Waals surface area contributed by atoms with Crippen LogP contribution in [-0.4, -0.2) is 39.7 Å². The van der Waals surface area contributed by atoms with Crippen molar-refractivity contribution in [2.75, 3.05) is 18.8 Å². The molecule has 2 amide bonds. The second-order valence-electron chi connectivity index (χ2n) is 4.77. The van der Waals surface area contributed by atoms with Crippen LogP contribution in [0.4, 0.5) is 4.79 Å². The average molecular weight is 364 g/mol. The van der Waals surface area contributed by atoms with Gasteiger partial charge in [-0.1, -0.05) is 11.3 Å². The van der Waals surface area contributed by atoms with Crippen molar-refractivity contribution >= 4 is 46.2 Å². The molecule has 2 aliphatic heterocycles. The summed E-state index contributed by atoms with van der Waals surface area (Å²) in [5, 5.41) is 17.6. The van der Waals surface area contributed by atoms with E-state index in [-0.39, 0.29) is 6.03 Å². The topological polar surface area (TPSA) is 73.2 Å². The summed E-state index contributed by atoms with van der Waals surface area (Å²) >= 11 is 4.71. The lowest BCUT2D eigenvalue weighted by Crippen LogP contribution is -2.41. The Bertz CT molecular complexity index is 797. The zero-order valence-electron chi connectivity index (χ0n) is 12.1. The molecule has 7 nitrogen and oxygen atoms in total. The molecule has 4 rings (SSSR count). The summed E-state index contributed by atoms with van der Waals surface area (Å²) in [5.41, 5.74) is 1.70. The van der Waals surface area contributed by atoms with Crippen LogP contribution in [0.5, 0.6) is 0 Å². The molecule has 0 unspecified atom stereocenters. The first-order chi connectivity index (χ1) is 11.3. The molecule has 4 heterocycles. The van der Waals surface area contributed by atoms with Crippen LogP contribution < -0.4 is 5.32 Å². The van der Waals surface area contributed by atoms with Gasteiger partial charge in [0.1, 0.15) is 10.7 Å². The smallest absolute Gasteiger partial charge is 0.349 e. The van der Waals surface area contributed by atoms with Gasteiger partial charge in [-0.3, -0.25) is 4.90 Å². The molecule has 0 atom stereocenters. The number of hydrogen-bond acceptors (Lipinski definition) is 8. The SMILES string of the molecule is CSCN1N=NC2=C(c3nc(-c4cccs4)cs3)NCN2C1=O. The van der Waals surface area contributed by atoms with Crippen LogP contribution in [0.25, 0.3) is 16.3 Å². The van der Waals surface area contributed by atoms with Gasteiger partial charge in [0, 0.05) is 5.38 Å². The lowest BCUT2D eigenvalue weighted by Gasteiger charge is -2.25. The summed E-state index contributed by atoms with van der Waals surface area (Å²) in [6, 6.07) is 3.88. The number of hydrogen-bond donors (Lipinski definition) is 1. The zero-order chi connectivity index (χ0) is 15.8. The Labute approximate surface area is 144 Å². The van der Waals surface area contributed by atoms with Gasteiger partial charge in [0.25, 0.3) is 0 Å². The number of urea groups is 1. The Morgan fingerprint density at radius 3 is 3.13 bits per heavy atom. The third-order valence-electron chi connectivity index (χ3n) is 3.34. The van der Waals surface area contributed by atoms with Crippen molar-refractivity contribution in [3.63, 3.8) is 0 Å². The van der Waals surface area contributed by atoms with Crippen molar-refractivity contribution in [2.24, 2.45) is 10.3 Å². The Morgan fingerprint density at radius 1 is 1.43 bits per heavy atom. The van der Waals surface area contributed by atoms with Gasteiger partial charge in [-0.05, 0) is 17.7 Å². The molecule has 0 radical (unpaired) electrons. The predicted molar refractivity (Wildman–Crippen MR) is 92.7 cm³/mol. The molecule has 0 saturated carbocycles. The van der Waals surface area contributed by atoms with Crippen molar-refractivity contribution in [3.8, 4) is 10.6 Å². The molecular weight excluding hydrogens is 352 g/mol. The minimum Gasteiger partial charge on any atom is -0.362 e. The van der Waals surface area contributed by atoms with E-state index in [9.17, 15) is 4.79 Å². The number of thiazole rings is 1. The second kappa shape index (κ2) is 5.95. The average Bonchev–Trinajstić information content (AvgIpc) is 3.29. The number of amides is 2. The van der Waals surface area contributed by atoms with Crippen LogP contribution in [0.3, 0.4) is 0 Å². The molecule has 2 aromatic rings. The molecule has 118 valence electrons. The highest BCUT2D eigenvalue weighted by Gasteiger charge is 2.36. The summed E-state index contributed by atoms with van der Waals surface area (Å²) < 4.78 is 0. The Morgan fingerprint density at radius 2 is 2.35 bits per heavy atom. The van der Waals surface area contributed by atoms with E-state index >= 15 is 0 Å². The van der Waals surface area contributed by atoms with Crippen molar-refractivity contribution in [2.45, 2.75) is 0 Å². The highest BCUT2D eigenvalue weighted by atomic mass is 32.2. The van der Waals surface area contributed by atoms with E-state index in [0.29, 0.717) is 18.4 Å². The third-order valence-corrected chi connectivity index (χ3v) is 5.59. The molecule has 0 bridgehead atoms. The van der Waals surface area contributed by atoms with E-state index in [4.69, 9.17) is 0 Å². The maximum absolute atomic E-state index is 12.4. The fourth-order valence-corrected chi connectivity index (χ4v) is 4.29. The number of fused-ring (bicyclic) bond motifs is 1. The minimum absolute atomic E-state index is 0.165. The lowest BCUT2D eigenvalue weighted by molar-refractivity contribution is 0.162. The van der Waals surface area contributed by atoms with Gasteiger partial charge in [0.15, 0.2) is 5.82 Å². The highest BCUT2D eigenvalue weighted by Crippen LogP contribution is 2.33. The molecule has 10 heteroatoms. The van der Waals surface area contributed by atoms with Crippen LogP contribution >= 0.6 is 34.4 Å². The molecule has 0 aromatic carbocycles. The van der Waals surface area contributed by atoms with E-state index in [2.05, 4.69) is 20.6 Å². The molecule has 0 fully saturated rings. The highest BCUT2D eigenvalue weighted by molar-refractivity contribution is 7.98. The van der Waals surface area contributed by atoms with Crippen molar-refractivity contribution in [1.29, 1.82) is 0 Å². The van der Waals surface area contributed by atoms with Crippen molar-refractivity contribution in [1.82, 2.24) is 20.2 Å². The predicted octanol–water partition coefficient (Wildman–Crippen LogP) is 3.48. The largest absolute Gasteiger partial charge is 0.362 e.